The molecule has 0 radical (unpaired) electrons. The van der Waals surface area contributed by atoms with Crippen LogP contribution in [0.15, 0.2) is 38.5 Å². The van der Waals surface area contributed by atoms with E-state index in [2.05, 4.69) is 19.7 Å². The minimum absolute atomic E-state index is 0. The van der Waals surface area contributed by atoms with Crippen molar-refractivity contribution in [1.82, 2.24) is 6.15 Å². The van der Waals surface area contributed by atoms with Gasteiger partial charge in [-0.2, -0.15) is 0 Å². The van der Waals surface area contributed by atoms with Crippen molar-refractivity contribution in [1.29, 1.82) is 0 Å². The summed E-state index contributed by atoms with van der Waals surface area (Å²) in [6, 6.07) is 0. The van der Waals surface area contributed by atoms with Crippen LogP contribution in [0.3, 0.4) is 0 Å². The zero-order valence-corrected chi connectivity index (χ0v) is 5.90. The molecule has 0 rings (SSSR count). The smallest absolute Gasteiger partial charge is 0.0719 e. The summed E-state index contributed by atoms with van der Waals surface area (Å²) in [4.78, 5) is 0. The second kappa shape index (κ2) is 131. The van der Waals surface area contributed by atoms with Gasteiger partial charge in [-0.3, -0.25) is 0 Å². The molecule has 4 nitrogen and oxygen atoms in total. The summed E-state index contributed by atoms with van der Waals surface area (Å²) in [7, 11) is 0. The number of hydrogen-bond donors (Lipinski definition) is 4. The van der Waals surface area contributed by atoms with E-state index in [0.29, 0.717) is 0 Å². The zero-order chi connectivity index (χ0) is 8.12. The third-order valence-electron chi connectivity index (χ3n) is 0. The maximum absolute atomic E-state index is 7.33. The highest BCUT2D eigenvalue weighted by molar-refractivity contribution is 4.38. The molecule has 4 heteroatoms. The van der Waals surface area contributed by atoms with Gasteiger partial charge in [0.15, 0.2) is 0 Å². The second-order valence-electron chi connectivity index (χ2n) is 0.548. The Labute approximate surface area is 61.0 Å². The van der Waals surface area contributed by atoms with Crippen LogP contribution in [0.4, 0.5) is 0 Å². The van der Waals surface area contributed by atoms with Gasteiger partial charge in [0.1, 0.15) is 0 Å². The first-order valence-electron chi connectivity index (χ1n) is 2.00. The Bertz CT molecular complexity index is 49.7. The van der Waals surface area contributed by atoms with E-state index in [-0.39, 0.29) is 6.15 Å². The monoisotopic (exact) mass is 149 g/mol. The highest BCUT2D eigenvalue weighted by Gasteiger charge is 1.12. The summed E-state index contributed by atoms with van der Waals surface area (Å²) in [6.45, 7) is 8.75. The third-order valence-corrected chi connectivity index (χ3v) is 0. The van der Waals surface area contributed by atoms with Crippen molar-refractivity contribution in [2.24, 2.45) is 0 Å². The Morgan fingerprint density at radius 3 is 0.700 bits per heavy atom. The Hall–Kier alpha value is -1.42. The van der Waals surface area contributed by atoms with Gasteiger partial charge in [-0.05, 0) is 0 Å². The lowest BCUT2D eigenvalue weighted by molar-refractivity contribution is 0.475. The van der Waals surface area contributed by atoms with Gasteiger partial charge < -0.3 is 21.5 Å². The normalized spacial score (nSPS) is 3.60. The van der Waals surface area contributed by atoms with Crippen LogP contribution in [-0.2, 0) is 0 Å². The number of hydrogen-bond acceptors (Lipinski definition) is 4. The Morgan fingerprint density at radius 2 is 0.700 bits per heavy atom. The summed E-state index contributed by atoms with van der Waals surface area (Å²) < 4.78 is 0. The van der Waals surface area contributed by atoms with Crippen LogP contribution in [0.2, 0.25) is 0 Å². The minimum Gasteiger partial charge on any atom is -0.516 e. The van der Waals surface area contributed by atoms with Crippen molar-refractivity contribution in [3.05, 3.63) is 38.5 Å². The van der Waals surface area contributed by atoms with Crippen LogP contribution >= 0.6 is 0 Å². The van der Waals surface area contributed by atoms with E-state index in [4.69, 9.17) is 15.3 Å². The van der Waals surface area contributed by atoms with Crippen LogP contribution in [0.5, 0.6) is 0 Å². The lowest BCUT2D eigenvalue weighted by Gasteiger charge is -1.41. The summed E-state index contributed by atoms with van der Waals surface area (Å²) in [5, 5.41) is 22.0. The SMILES string of the molecule is C=CO.C=CO.C=CO.N. The molecule has 6 N–H and O–H groups in total. The van der Waals surface area contributed by atoms with Crippen molar-refractivity contribution in [3.63, 3.8) is 0 Å². The highest BCUT2D eigenvalue weighted by Crippen LogP contribution is 1.26. The van der Waals surface area contributed by atoms with Crippen molar-refractivity contribution in [2.45, 2.75) is 0 Å². The van der Waals surface area contributed by atoms with E-state index >= 15 is 0 Å². The predicted octanol–water partition coefficient (Wildman–Crippen LogP) is 2.23. The summed E-state index contributed by atoms with van der Waals surface area (Å²) in [5.74, 6) is 0. The molecule has 0 amide bonds. The van der Waals surface area contributed by atoms with Gasteiger partial charge in [0, 0.05) is 0 Å². The van der Waals surface area contributed by atoms with Crippen molar-refractivity contribution >= 4 is 0 Å². The highest BCUT2D eigenvalue weighted by atomic mass is 16.2. The molecule has 0 aromatic carbocycles. The maximum atomic E-state index is 7.33. The minimum atomic E-state index is 0. The van der Waals surface area contributed by atoms with E-state index in [1.165, 1.54) is 0 Å². The first-order valence-corrected chi connectivity index (χ1v) is 2.00. The summed E-state index contributed by atoms with van der Waals surface area (Å²) in [5.41, 5.74) is 0. The Balaban J connectivity index is -0.0000000257. The standard InChI is InChI=1S/3C2H4O.H3N/c3*1-2-3;/h3*2-3H,1H2;1H3. The lowest BCUT2D eigenvalue weighted by Crippen LogP contribution is -1.25. The van der Waals surface area contributed by atoms with Crippen LogP contribution in [0.25, 0.3) is 0 Å². The molecule has 0 aliphatic rings. The van der Waals surface area contributed by atoms with Gasteiger partial charge in [-0.25, -0.2) is 0 Å². The molecule has 0 aliphatic heterocycles. The van der Waals surface area contributed by atoms with Crippen LogP contribution in [0.1, 0.15) is 0 Å². The molecule has 62 valence electrons. The van der Waals surface area contributed by atoms with Gasteiger partial charge >= 0.3 is 0 Å². The molecule has 10 heavy (non-hydrogen) atoms. The maximum Gasteiger partial charge on any atom is 0.0719 e. The summed E-state index contributed by atoms with van der Waals surface area (Å²) in [6.07, 6.45) is 2.25. The lowest BCUT2D eigenvalue weighted by atomic mass is 11.2. The van der Waals surface area contributed by atoms with Crippen LogP contribution in [0, 0.1) is 0 Å². The third kappa shape index (κ3) is 102. The Morgan fingerprint density at radius 1 is 0.700 bits per heavy atom. The molecule has 0 aromatic heterocycles. The molecule has 0 aromatic rings. The van der Waals surface area contributed by atoms with Crippen molar-refractivity contribution in [2.75, 3.05) is 0 Å². The average Bonchev–Trinajstić information content (AvgIpc) is 1.70. The predicted molar refractivity (Wildman–Crippen MR) is 43.5 cm³/mol. The molecule has 0 saturated heterocycles. The Kier molecular flexibility index (Phi) is 309. The molecule has 0 atom stereocenters. The van der Waals surface area contributed by atoms with Gasteiger partial charge in [0.05, 0.1) is 18.8 Å². The van der Waals surface area contributed by atoms with Gasteiger partial charge in [0.25, 0.3) is 0 Å². The van der Waals surface area contributed by atoms with E-state index < -0.39 is 0 Å². The molecule has 0 fully saturated rings. The van der Waals surface area contributed by atoms with Crippen LogP contribution in [-0.4, -0.2) is 15.3 Å². The molecular weight excluding hydrogens is 134 g/mol. The van der Waals surface area contributed by atoms with Gasteiger partial charge in [-0.15, -0.1) is 0 Å². The van der Waals surface area contributed by atoms with Crippen molar-refractivity contribution in [3.8, 4) is 0 Å². The summed E-state index contributed by atoms with van der Waals surface area (Å²) >= 11 is 0. The van der Waals surface area contributed by atoms with E-state index in [1.54, 1.807) is 0 Å². The molecule has 0 unspecified atom stereocenters. The second-order valence-corrected chi connectivity index (χ2v) is 0.548. The molecular formula is C6H15NO3. The topological polar surface area (TPSA) is 95.7 Å². The van der Waals surface area contributed by atoms with E-state index in [0.717, 1.165) is 18.8 Å². The average molecular weight is 149 g/mol. The van der Waals surface area contributed by atoms with Crippen molar-refractivity contribution < 1.29 is 15.3 Å². The number of aliphatic hydroxyl groups is 3. The quantitative estimate of drug-likeness (QED) is 0.397. The van der Waals surface area contributed by atoms with Crippen LogP contribution < -0.4 is 6.15 Å². The first-order chi connectivity index (χ1) is 4.24. The molecule has 0 heterocycles. The molecule has 0 aliphatic carbocycles. The number of rotatable bonds is 0. The fourth-order valence-corrected chi connectivity index (χ4v) is 0. The van der Waals surface area contributed by atoms with Gasteiger partial charge in [0.2, 0.25) is 0 Å². The van der Waals surface area contributed by atoms with E-state index in [9.17, 15) is 0 Å². The zero-order valence-electron chi connectivity index (χ0n) is 5.90. The molecule has 0 spiro atoms. The number of aliphatic hydroxyl groups excluding tert-OH is 3. The fourth-order valence-electron chi connectivity index (χ4n) is 0. The fraction of sp³-hybridized carbons (Fsp3) is 0. The molecule has 0 bridgehead atoms. The van der Waals surface area contributed by atoms with E-state index in [1.807, 2.05) is 0 Å². The molecule has 0 saturated carbocycles. The first kappa shape index (κ1) is 23.5. The largest absolute Gasteiger partial charge is 0.516 e. The van der Waals surface area contributed by atoms with Gasteiger partial charge in [-0.1, -0.05) is 19.7 Å².